The van der Waals surface area contributed by atoms with Crippen LogP contribution in [0.5, 0.6) is 17.4 Å². The largest absolute Gasteiger partial charge is 0.497 e. The van der Waals surface area contributed by atoms with Gasteiger partial charge in [-0.1, -0.05) is 38.1 Å². The summed E-state index contributed by atoms with van der Waals surface area (Å²) in [6, 6.07) is 19.7. The highest BCUT2D eigenvalue weighted by molar-refractivity contribution is 7.89. The van der Waals surface area contributed by atoms with Gasteiger partial charge < -0.3 is 23.7 Å². The molecule has 12 nitrogen and oxygen atoms in total. The number of hydrogen-bond acceptors (Lipinski definition) is 10. The van der Waals surface area contributed by atoms with Gasteiger partial charge in [-0.2, -0.15) is 9.40 Å². The van der Waals surface area contributed by atoms with Crippen molar-refractivity contribution in [3.05, 3.63) is 119 Å². The zero-order valence-electron chi connectivity index (χ0n) is 35.5. The van der Waals surface area contributed by atoms with Crippen LogP contribution in [-0.2, 0) is 55.9 Å². The second-order valence-corrected chi connectivity index (χ2v) is 18.2. The molecule has 0 bridgehead atoms. The molecule has 0 fully saturated rings. The van der Waals surface area contributed by atoms with Gasteiger partial charge in [0.2, 0.25) is 15.9 Å². The van der Waals surface area contributed by atoms with E-state index in [4.69, 9.17) is 23.7 Å². The number of pyridine rings is 1. The van der Waals surface area contributed by atoms with Crippen LogP contribution in [0.2, 0.25) is 0 Å². The van der Waals surface area contributed by atoms with Crippen molar-refractivity contribution in [3.8, 4) is 28.5 Å². The molecule has 0 spiro atoms. The van der Waals surface area contributed by atoms with E-state index >= 15 is 4.39 Å². The van der Waals surface area contributed by atoms with Crippen LogP contribution >= 0.6 is 0 Å². The third kappa shape index (κ3) is 11.3. The van der Waals surface area contributed by atoms with E-state index in [-0.39, 0.29) is 49.4 Å². The molecule has 0 aliphatic carbocycles. The molecule has 0 atom stereocenters. The lowest BCUT2D eigenvalue weighted by Gasteiger charge is -2.26. The Bertz CT molecular complexity index is 2270. The number of methoxy groups -OCH3 is 3. The molecule has 2 heterocycles. The molecule has 0 N–H and O–H groups in total. The van der Waals surface area contributed by atoms with Crippen LogP contribution in [0.1, 0.15) is 82.2 Å². The Kier molecular flexibility index (Phi) is 14.2. The molecule has 0 unspecified atom stereocenters. The smallest absolute Gasteiger partial charge is 0.310 e. The first-order chi connectivity index (χ1) is 27.8. The van der Waals surface area contributed by atoms with Crippen molar-refractivity contribution in [2.45, 2.75) is 96.5 Å². The van der Waals surface area contributed by atoms with Gasteiger partial charge in [0.05, 0.1) is 39.0 Å². The van der Waals surface area contributed by atoms with Crippen LogP contribution in [0.25, 0.3) is 11.1 Å². The number of esters is 1. The van der Waals surface area contributed by atoms with Gasteiger partial charge in [0.15, 0.2) is 0 Å². The Labute approximate surface area is 347 Å². The molecule has 59 heavy (non-hydrogen) atoms. The second kappa shape index (κ2) is 18.7. The highest BCUT2D eigenvalue weighted by atomic mass is 32.2. The van der Waals surface area contributed by atoms with Crippen LogP contribution in [0.4, 0.5) is 4.39 Å². The van der Waals surface area contributed by atoms with E-state index in [1.165, 1.54) is 23.8 Å². The molecule has 0 amide bonds. The first-order valence-electron chi connectivity index (χ1n) is 19.3. The van der Waals surface area contributed by atoms with E-state index in [1.807, 2.05) is 52.0 Å². The lowest BCUT2D eigenvalue weighted by Crippen LogP contribution is -2.34. The van der Waals surface area contributed by atoms with Gasteiger partial charge >= 0.3 is 5.97 Å². The molecule has 316 valence electrons. The summed E-state index contributed by atoms with van der Waals surface area (Å²) in [6.07, 6.45) is 4.29. The van der Waals surface area contributed by atoms with Crippen molar-refractivity contribution in [2.75, 3.05) is 27.9 Å². The summed E-state index contributed by atoms with van der Waals surface area (Å²) in [5, 5.41) is 4.49. The Balaban J connectivity index is 1.41. The first-order valence-corrected chi connectivity index (χ1v) is 20.7. The fraction of sp³-hybridized carbons (Fsp3) is 0.400. The maximum absolute atomic E-state index is 16.0. The lowest BCUT2D eigenvalue weighted by atomic mass is 9.86. The molecule has 3 aromatic carbocycles. The highest BCUT2D eigenvalue weighted by Gasteiger charge is 2.31. The molecule has 0 aliphatic rings. The van der Waals surface area contributed by atoms with Gasteiger partial charge in [-0.05, 0) is 110 Å². The van der Waals surface area contributed by atoms with Crippen LogP contribution < -0.4 is 14.2 Å². The predicted octanol–water partition coefficient (Wildman–Crippen LogP) is 8.46. The normalized spacial score (nSPS) is 12.2. The minimum atomic E-state index is -4.05. The van der Waals surface area contributed by atoms with Crippen LogP contribution in [-0.4, -0.2) is 67.0 Å². The standard InChI is InChI=1S/C45H55FN4O8S/c1-30(2)42-39(23-41(51)58-44(3,4)5)38(21-34(28-54-8)43(42)46)33-19-20-47-40(22-33)57-29-45(6,7)50-27-37(24-48-50)59(52,53)49(25-31-11-15-35(55-9)16-12-31)26-32-13-17-36(56-10)18-14-32/h11-22,24,27,30H,23,25-26,28-29H2,1-10H3. The molecule has 14 heteroatoms. The minimum absolute atomic E-state index is 0.0226. The van der Waals surface area contributed by atoms with E-state index < -0.39 is 32.9 Å². The topological polar surface area (TPSA) is 131 Å². The van der Waals surface area contributed by atoms with E-state index in [0.717, 1.165) is 11.1 Å². The third-order valence-electron chi connectivity index (χ3n) is 9.58. The SMILES string of the molecule is COCc1cc(-c2ccnc(OCC(C)(C)n3cc(S(=O)(=O)N(Cc4ccc(OC)cc4)Cc4ccc(OC)cc4)cn3)c2)c(CC(=O)OC(C)(C)C)c(C(C)C)c1F. The number of carbonyl (C=O) groups excluding carboxylic acids is 1. The number of nitrogens with zero attached hydrogens (tertiary/aromatic N) is 4. The lowest BCUT2D eigenvalue weighted by molar-refractivity contribution is -0.153. The van der Waals surface area contributed by atoms with Crippen molar-refractivity contribution in [1.29, 1.82) is 0 Å². The first kappa shape index (κ1) is 44.8. The molecular weight excluding hydrogens is 776 g/mol. The predicted molar refractivity (Wildman–Crippen MR) is 223 cm³/mol. The van der Waals surface area contributed by atoms with Gasteiger partial charge in [0.25, 0.3) is 0 Å². The Morgan fingerprint density at radius 1 is 0.881 bits per heavy atom. The van der Waals surface area contributed by atoms with Crippen molar-refractivity contribution >= 4 is 16.0 Å². The van der Waals surface area contributed by atoms with Gasteiger partial charge in [0, 0.05) is 44.2 Å². The van der Waals surface area contributed by atoms with Crippen LogP contribution in [0.3, 0.4) is 0 Å². The highest BCUT2D eigenvalue weighted by Crippen LogP contribution is 2.37. The van der Waals surface area contributed by atoms with Gasteiger partial charge in [-0.3, -0.25) is 9.48 Å². The molecule has 0 aliphatic heterocycles. The third-order valence-corrected chi connectivity index (χ3v) is 11.3. The number of halogens is 1. The number of rotatable bonds is 18. The number of ether oxygens (including phenoxy) is 5. The van der Waals surface area contributed by atoms with Crippen LogP contribution in [0, 0.1) is 5.82 Å². The fourth-order valence-corrected chi connectivity index (χ4v) is 7.94. The zero-order valence-corrected chi connectivity index (χ0v) is 36.4. The van der Waals surface area contributed by atoms with Crippen molar-refractivity contribution in [2.24, 2.45) is 0 Å². The molecule has 2 aromatic heterocycles. The Morgan fingerprint density at radius 3 is 2.00 bits per heavy atom. The number of benzene rings is 3. The summed E-state index contributed by atoms with van der Waals surface area (Å²) in [6.45, 7) is 13.2. The molecule has 5 rings (SSSR count). The molecule has 5 aromatic rings. The van der Waals surface area contributed by atoms with Gasteiger partial charge in [0.1, 0.15) is 34.4 Å². The second-order valence-electron chi connectivity index (χ2n) is 16.2. The van der Waals surface area contributed by atoms with Gasteiger partial charge in [-0.25, -0.2) is 17.8 Å². The maximum Gasteiger partial charge on any atom is 0.310 e. The summed E-state index contributed by atoms with van der Waals surface area (Å²) in [5.41, 5.74) is 2.59. The van der Waals surface area contributed by atoms with Crippen molar-refractivity contribution in [1.82, 2.24) is 19.1 Å². The van der Waals surface area contributed by atoms with E-state index in [1.54, 1.807) is 88.3 Å². The van der Waals surface area contributed by atoms with Crippen molar-refractivity contribution in [3.63, 3.8) is 0 Å². The fourth-order valence-electron chi connectivity index (χ4n) is 6.59. The Morgan fingerprint density at radius 2 is 1.47 bits per heavy atom. The summed E-state index contributed by atoms with van der Waals surface area (Å²) >= 11 is 0. The maximum atomic E-state index is 16.0. The summed E-state index contributed by atoms with van der Waals surface area (Å²) in [7, 11) is 0.607. The van der Waals surface area contributed by atoms with E-state index in [9.17, 15) is 13.2 Å². The molecule has 0 saturated heterocycles. The summed E-state index contributed by atoms with van der Waals surface area (Å²) < 4.78 is 75.4. The molecule has 0 radical (unpaired) electrons. The summed E-state index contributed by atoms with van der Waals surface area (Å²) in [5.74, 6) is 0.467. The van der Waals surface area contributed by atoms with E-state index in [0.29, 0.717) is 39.3 Å². The molecular formula is C45H55FN4O8S. The average Bonchev–Trinajstić information content (AvgIpc) is 3.71. The quantitative estimate of drug-likeness (QED) is 0.0793. The van der Waals surface area contributed by atoms with E-state index in [2.05, 4.69) is 10.1 Å². The minimum Gasteiger partial charge on any atom is -0.497 e. The average molecular weight is 831 g/mol. The van der Waals surface area contributed by atoms with Gasteiger partial charge in [-0.15, -0.1) is 0 Å². The monoisotopic (exact) mass is 830 g/mol. The van der Waals surface area contributed by atoms with Crippen molar-refractivity contribution < 1.29 is 41.3 Å². The number of carbonyl (C=O) groups is 1. The number of hydrogen-bond donors (Lipinski definition) is 0. The molecule has 0 saturated carbocycles. The summed E-state index contributed by atoms with van der Waals surface area (Å²) in [4.78, 5) is 17.6. The zero-order chi connectivity index (χ0) is 43.1. The number of aromatic nitrogens is 3. The van der Waals surface area contributed by atoms with Crippen LogP contribution in [0.15, 0.2) is 90.2 Å². The number of sulfonamides is 1. The Hall–Kier alpha value is -5.31.